The van der Waals surface area contributed by atoms with Gasteiger partial charge in [0, 0.05) is 12.1 Å². The van der Waals surface area contributed by atoms with Crippen LogP contribution < -0.4 is 0 Å². The lowest BCUT2D eigenvalue weighted by Gasteiger charge is -2.45. The van der Waals surface area contributed by atoms with E-state index in [0.29, 0.717) is 29.5 Å². The maximum Gasteiger partial charge on any atom is 0.0875 e. The second-order valence-corrected chi connectivity index (χ2v) is 9.08. The molecule has 2 heteroatoms. The fourth-order valence-electron chi connectivity index (χ4n) is 4.67. The molecule has 0 aliphatic heterocycles. The van der Waals surface area contributed by atoms with Crippen molar-refractivity contribution in [2.75, 3.05) is 6.54 Å². The van der Waals surface area contributed by atoms with Gasteiger partial charge in [-0.25, -0.2) is 0 Å². The molecule has 2 unspecified atom stereocenters. The summed E-state index contributed by atoms with van der Waals surface area (Å²) in [5, 5.41) is 9.36. The third-order valence-corrected chi connectivity index (χ3v) is 5.10. The van der Waals surface area contributed by atoms with Crippen molar-refractivity contribution in [3.8, 4) is 6.07 Å². The maximum absolute atomic E-state index is 9.36. The first-order valence-electron chi connectivity index (χ1n) is 8.59. The van der Waals surface area contributed by atoms with Gasteiger partial charge in [-0.15, -0.1) is 0 Å². The summed E-state index contributed by atoms with van der Waals surface area (Å²) < 4.78 is 0. The zero-order valence-electron chi connectivity index (χ0n) is 15.2. The van der Waals surface area contributed by atoms with Crippen molar-refractivity contribution in [1.29, 1.82) is 5.26 Å². The summed E-state index contributed by atoms with van der Waals surface area (Å²) in [5.41, 5.74) is 3.61. The first kappa shape index (κ1) is 17.3. The smallest absolute Gasteiger partial charge is 0.0875 e. The molecule has 0 spiro atoms. The molecule has 0 saturated carbocycles. The Balaban J connectivity index is 2.29. The molecule has 0 N–H and O–H groups in total. The molecule has 22 heavy (non-hydrogen) atoms. The van der Waals surface area contributed by atoms with Gasteiger partial charge in [0.05, 0.1) is 12.6 Å². The summed E-state index contributed by atoms with van der Waals surface area (Å²) in [4.78, 5) is 2.44. The van der Waals surface area contributed by atoms with Crippen molar-refractivity contribution in [2.24, 2.45) is 10.8 Å². The molecule has 0 heterocycles. The van der Waals surface area contributed by atoms with Gasteiger partial charge in [0.25, 0.3) is 0 Å². The molecule has 0 fully saturated rings. The highest BCUT2D eigenvalue weighted by molar-refractivity contribution is 5.18. The topological polar surface area (TPSA) is 27.0 Å². The van der Waals surface area contributed by atoms with E-state index in [-0.39, 0.29) is 0 Å². The van der Waals surface area contributed by atoms with Crippen LogP contribution in [0.2, 0.25) is 0 Å². The number of allylic oxidation sites excluding steroid dienone is 2. The minimum atomic E-state index is 0.333. The molecule has 0 saturated heterocycles. The molecular formula is C20H32N2. The van der Waals surface area contributed by atoms with Crippen molar-refractivity contribution in [2.45, 2.75) is 79.3 Å². The van der Waals surface area contributed by atoms with Gasteiger partial charge in [0.1, 0.15) is 0 Å². The predicted molar refractivity (Wildman–Crippen MR) is 93.4 cm³/mol. The molecule has 0 amide bonds. The Labute approximate surface area is 136 Å². The molecule has 0 aromatic carbocycles. The van der Waals surface area contributed by atoms with Gasteiger partial charge >= 0.3 is 0 Å². The van der Waals surface area contributed by atoms with E-state index in [1.54, 1.807) is 0 Å². The molecule has 2 nitrogen and oxygen atoms in total. The lowest BCUT2D eigenvalue weighted by atomic mass is 9.73. The summed E-state index contributed by atoms with van der Waals surface area (Å²) in [6.45, 7) is 14.4. The van der Waals surface area contributed by atoms with E-state index < -0.39 is 0 Å². The SMILES string of the molecule is CC1=CC(N(CC#N)C2C=C(C)CC(C)(C)C2)CC(C)(C)C1. The monoisotopic (exact) mass is 300 g/mol. The highest BCUT2D eigenvalue weighted by atomic mass is 15.2. The molecule has 2 aliphatic rings. The number of hydrogen-bond donors (Lipinski definition) is 0. The van der Waals surface area contributed by atoms with Crippen LogP contribution in [0.15, 0.2) is 23.3 Å². The lowest BCUT2D eigenvalue weighted by molar-refractivity contribution is 0.113. The van der Waals surface area contributed by atoms with Crippen LogP contribution in [0, 0.1) is 22.2 Å². The van der Waals surface area contributed by atoms with Crippen LogP contribution in [-0.4, -0.2) is 23.5 Å². The molecule has 0 radical (unpaired) electrons. The number of hydrogen-bond acceptors (Lipinski definition) is 2. The van der Waals surface area contributed by atoms with Crippen molar-refractivity contribution in [3.63, 3.8) is 0 Å². The zero-order valence-corrected chi connectivity index (χ0v) is 15.2. The van der Waals surface area contributed by atoms with E-state index >= 15 is 0 Å². The third-order valence-electron chi connectivity index (χ3n) is 5.10. The Hall–Kier alpha value is -1.07. The Morgan fingerprint density at radius 3 is 1.73 bits per heavy atom. The summed E-state index contributed by atoms with van der Waals surface area (Å²) in [7, 11) is 0. The van der Waals surface area contributed by atoms with E-state index in [1.165, 1.54) is 24.0 Å². The largest absolute Gasteiger partial charge is 0.278 e. The average Bonchev–Trinajstić information content (AvgIpc) is 2.30. The van der Waals surface area contributed by atoms with Gasteiger partial charge < -0.3 is 0 Å². The fourth-order valence-corrected chi connectivity index (χ4v) is 4.67. The Bertz CT molecular complexity index is 476. The first-order chi connectivity index (χ1) is 10.1. The van der Waals surface area contributed by atoms with Gasteiger partial charge in [-0.1, -0.05) is 51.0 Å². The molecule has 2 aliphatic carbocycles. The third kappa shape index (κ3) is 4.23. The molecule has 0 aromatic heterocycles. The quantitative estimate of drug-likeness (QED) is 0.536. The molecule has 2 atom stereocenters. The van der Waals surface area contributed by atoms with Gasteiger partial charge in [-0.3, -0.25) is 4.90 Å². The van der Waals surface area contributed by atoms with Gasteiger partial charge in [-0.2, -0.15) is 5.26 Å². The van der Waals surface area contributed by atoms with Crippen LogP contribution in [0.1, 0.15) is 67.2 Å². The lowest BCUT2D eigenvalue weighted by Crippen LogP contribution is -2.47. The minimum absolute atomic E-state index is 0.333. The zero-order chi connectivity index (χ0) is 16.5. The maximum atomic E-state index is 9.36. The van der Waals surface area contributed by atoms with Gasteiger partial charge in [0.15, 0.2) is 0 Å². The van der Waals surface area contributed by atoms with Crippen LogP contribution in [0.25, 0.3) is 0 Å². The second kappa shape index (κ2) is 6.20. The van der Waals surface area contributed by atoms with E-state index in [1.807, 2.05) is 0 Å². The van der Waals surface area contributed by atoms with Crippen LogP contribution in [0.4, 0.5) is 0 Å². The Morgan fingerprint density at radius 2 is 1.41 bits per heavy atom. The van der Waals surface area contributed by atoms with Gasteiger partial charge in [0.2, 0.25) is 0 Å². The number of rotatable bonds is 3. The van der Waals surface area contributed by atoms with E-state index in [2.05, 4.69) is 64.7 Å². The van der Waals surface area contributed by atoms with Crippen LogP contribution in [0.5, 0.6) is 0 Å². The summed E-state index contributed by atoms with van der Waals surface area (Å²) in [6.07, 6.45) is 9.47. The van der Waals surface area contributed by atoms with E-state index in [4.69, 9.17) is 0 Å². The normalized spacial score (nSPS) is 30.5. The fraction of sp³-hybridized carbons (Fsp3) is 0.750. The average molecular weight is 300 g/mol. The van der Waals surface area contributed by atoms with Crippen molar-refractivity contribution in [3.05, 3.63) is 23.3 Å². The predicted octanol–water partition coefficient (Wildman–Crippen LogP) is 5.08. The molecule has 0 aromatic rings. The molecule has 122 valence electrons. The van der Waals surface area contributed by atoms with Crippen LogP contribution in [0.3, 0.4) is 0 Å². The number of nitrogens with zero attached hydrogens (tertiary/aromatic N) is 2. The second-order valence-electron chi connectivity index (χ2n) is 9.08. The molecule has 0 bridgehead atoms. The molecule has 2 rings (SSSR count). The standard InChI is InChI=1S/C20H32N2/c1-15-9-17(13-19(3,4)11-15)22(8-7-21)18-10-16(2)12-20(5,6)14-18/h9-10,17-18H,8,11-14H2,1-6H3. The highest BCUT2D eigenvalue weighted by Crippen LogP contribution is 2.41. The first-order valence-corrected chi connectivity index (χ1v) is 8.59. The Kier molecular flexibility index (Phi) is 4.87. The number of nitriles is 1. The van der Waals surface area contributed by atoms with E-state index in [9.17, 15) is 5.26 Å². The molecular weight excluding hydrogens is 268 g/mol. The van der Waals surface area contributed by atoms with Crippen LogP contribution >= 0.6 is 0 Å². The Morgan fingerprint density at radius 1 is 1.00 bits per heavy atom. The van der Waals surface area contributed by atoms with Crippen molar-refractivity contribution >= 4 is 0 Å². The highest BCUT2D eigenvalue weighted by Gasteiger charge is 2.36. The van der Waals surface area contributed by atoms with Crippen molar-refractivity contribution in [1.82, 2.24) is 4.90 Å². The van der Waals surface area contributed by atoms with E-state index in [0.717, 1.165) is 12.8 Å². The van der Waals surface area contributed by atoms with Gasteiger partial charge in [-0.05, 0) is 50.4 Å². The van der Waals surface area contributed by atoms with Crippen LogP contribution in [-0.2, 0) is 0 Å². The summed E-state index contributed by atoms with van der Waals surface area (Å²) in [6, 6.07) is 3.20. The van der Waals surface area contributed by atoms with Crippen molar-refractivity contribution < 1.29 is 0 Å². The minimum Gasteiger partial charge on any atom is -0.278 e. The summed E-state index contributed by atoms with van der Waals surface area (Å²) in [5.74, 6) is 0. The summed E-state index contributed by atoms with van der Waals surface area (Å²) >= 11 is 0.